The van der Waals surface area contributed by atoms with Crippen LogP contribution in [0.3, 0.4) is 0 Å². The summed E-state index contributed by atoms with van der Waals surface area (Å²) >= 11 is 0. The molecular weight excluding hydrogens is 293 g/mol. The molecule has 5 nitrogen and oxygen atoms in total. The molecule has 1 heterocycles. The van der Waals surface area contributed by atoms with E-state index in [1.807, 2.05) is 12.1 Å². The van der Waals surface area contributed by atoms with Crippen LogP contribution in [0.1, 0.15) is 29.2 Å². The number of hydrogen-bond donors (Lipinski definition) is 0. The molecule has 1 atom stereocenters. The Balaban J connectivity index is 1.81. The van der Waals surface area contributed by atoms with Crippen molar-refractivity contribution in [2.45, 2.75) is 18.9 Å². The Kier molecular flexibility index (Phi) is 4.39. The molecule has 0 radical (unpaired) electrons. The second-order valence-corrected chi connectivity index (χ2v) is 5.17. The Labute approximate surface area is 133 Å². The lowest BCUT2D eigenvalue weighted by atomic mass is 9.98. The van der Waals surface area contributed by atoms with Gasteiger partial charge in [-0.3, -0.25) is 0 Å². The molecule has 23 heavy (non-hydrogen) atoms. The number of benzene rings is 2. The van der Waals surface area contributed by atoms with Gasteiger partial charge in [0, 0.05) is 0 Å². The molecule has 0 saturated heterocycles. The van der Waals surface area contributed by atoms with Crippen molar-refractivity contribution in [2.24, 2.45) is 0 Å². The Morgan fingerprint density at radius 3 is 2.43 bits per heavy atom. The molecule has 0 saturated carbocycles. The van der Waals surface area contributed by atoms with E-state index in [-0.39, 0.29) is 11.9 Å². The van der Waals surface area contributed by atoms with Crippen LogP contribution in [-0.4, -0.2) is 20.2 Å². The van der Waals surface area contributed by atoms with Gasteiger partial charge in [-0.2, -0.15) is 10.1 Å². The zero-order valence-electron chi connectivity index (χ0n) is 12.3. The number of hydrogen-bond acceptors (Lipinski definition) is 4. The average Bonchev–Trinajstić information content (AvgIpc) is 3.12. The van der Waals surface area contributed by atoms with Crippen LogP contribution in [0, 0.1) is 17.1 Å². The molecule has 6 heteroatoms. The monoisotopic (exact) mass is 307 g/mol. The number of rotatable bonds is 5. The van der Waals surface area contributed by atoms with Gasteiger partial charge in [-0.25, -0.2) is 4.39 Å². The summed E-state index contributed by atoms with van der Waals surface area (Å²) in [5, 5.41) is 20.8. The van der Waals surface area contributed by atoms with Crippen molar-refractivity contribution in [3.63, 3.8) is 0 Å². The van der Waals surface area contributed by atoms with E-state index in [9.17, 15) is 4.39 Å². The molecule has 0 aliphatic heterocycles. The predicted octanol–water partition coefficient (Wildman–Crippen LogP) is 2.91. The highest BCUT2D eigenvalue weighted by Crippen LogP contribution is 2.23. The number of nitrogens with zero attached hydrogens (tertiary/aromatic N) is 5. The highest BCUT2D eigenvalue weighted by molar-refractivity contribution is 5.33. The highest BCUT2D eigenvalue weighted by atomic mass is 19.1. The fraction of sp³-hybridized carbons (Fsp3) is 0.176. The minimum atomic E-state index is -0.240. The first-order chi connectivity index (χ1) is 11.3. The minimum Gasteiger partial charge on any atom is -0.207 e. The lowest BCUT2D eigenvalue weighted by molar-refractivity contribution is 0.426. The number of halogens is 1. The van der Waals surface area contributed by atoms with Crippen LogP contribution in [0.15, 0.2) is 54.9 Å². The van der Waals surface area contributed by atoms with Crippen LogP contribution >= 0.6 is 0 Å². The maximum atomic E-state index is 13.0. The van der Waals surface area contributed by atoms with E-state index in [4.69, 9.17) is 5.26 Å². The van der Waals surface area contributed by atoms with Crippen LogP contribution < -0.4 is 0 Å². The third kappa shape index (κ3) is 3.58. The lowest BCUT2D eigenvalue weighted by Crippen LogP contribution is -2.15. The summed E-state index contributed by atoms with van der Waals surface area (Å²) in [6.45, 7) is 0. The van der Waals surface area contributed by atoms with Gasteiger partial charge in [0.2, 0.25) is 0 Å². The van der Waals surface area contributed by atoms with Crippen LogP contribution in [0.5, 0.6) is 0 Å². The van der Waals surface area contributed by atoms with Gasteiger partial charge in [0.1, 0.15) is 5.82 Å². The van der Waals surface area contributed by atoms with Gasteiger partial charge >= 0.3 is 0 Å². The quantitative estimate of drug-likeness (QED) is 0.727. The molecule has 0 spiro atoms. The van der Waals surface area contributed by atoms with Crippen molar-refractivity contribution < 1.29 is 4.39 Å². The standard InChI is InChI=1S/C17H14FN5/c18-16-8-3-13(4-9-16)5-10-17(23-21-12-20-22-23)15-6-1-14(11-19)2-7-15/h1-4,6-9,12,17H,5,10H2. The number of nitriles is 1. The van der Waals surface area contributed by atoms with Crippen molar-refractivity contribution in [3.05, 3.63) is 77.4 Å². The zero-order valence-corrected chi connectivity index (χ0v) is 12.3. The second kappa shape index (κ2) is 6.79. The van der Waals surface area contributed by atoms with E-state index in [1.54, 1.807) is 29.1 Å². The molecule has 2 aromatic carbocycles. The van der Waals surface area contributed by atoms with Crippen LogP contribution in [0.25, 0.3) is 0 Å². The summed E-state index contributed by atoms with van der Waals surface area (Å²) in [6, 6.07) is 15.8. The van der Waals surface area contributed by atoms with E-state index in [0.717, 1.165) is 24.0 Å². The Bertz CT molecular complexity index is 789. The second-order valence-electron chi connectivity index (χ2n) is 5.17. The molecule has 3 aromatic rings. The van der Waals surface area contributed by atoms with Crippen LogP contribution in [0.2, 0.25) is 0 Å². The topological polar surface area (TPSA) is 67.4 Å². The predicted molar refractivity (Wildman–Crippen MR) is 81.8 cm³/mol. The Morgan fingerprint density at radius 2 is 1.83 bits per heavy atom. The molecule has 0 N–H and O–H groups in total. The van der Waals surface area contributed by atoms with Gasteiger partial charge in [0.05, 0.1) is 17.7 Å². The molecule has 3 rings (SSSR count). The minimum absolute atomic E-state index is 0.0877. The van der Waals surface area contributed by atoms with Gasteiger partial charge in [-0.05, 0) is 53.4 Å². The van der Waals surface area contributed by atoms with E-state index in [2.05, 4.69) is 21.5 Å². The summed E-state index contributed by atoms with van der Waals surface area (Å²) in [7, 11) is 0. The maximum absolute atomic E-state index is 13.0. The van der Waals surface area contributed by atoms with Crippen LogP contribution in [-0.2, 0) is 6.42 Å². The first kappa shape index (κ1) is 14.9. The van der Waals surface area contributed by atoms with Gasteiger partial charge in [0.15, 0.2) is 6.33 Å². The lowest BCUT2D eigenvalue weighted by Gasteiger charge is -2.16. The molecule has 0 aliphatic carbocycles. The van der Waals surface area contributed by atoms with Crippen molar-refractivity contribution >= 4 is 0 Å². The van der Waals surface area contributed by atoms with E-state index in [1.165, 1.54) is 18.5 Å². The third-order valence-electron chi connectivity index (χ3n) is 3.69. The molecule has 0 aliphatic rings. The fourth-order valence-electron chi connectivity index (χ4n) is 2.47. The van der Waals surface area contributed by atoms with Crippen molar-refractivity contribution in [3.8, 4) is 6.07 Å². The van der Waals surface area contributed by atoms with E-state index in [0.29, 0.717) is 5.56 Å². The highest BCUT2D eigenvalue weighted by Gasteiger charge is 2.16. The van der Waals surface area contributed by atoms with Crippen LogP contribution in [0.4, 0.5) is 4.39 Å². The van der Waals surface area contributed by atoms with Gasteiger partial charge in [-0.15, -0.1) is 10.2 Å². The third-order valence-corrected chi connectivity index (χ3v) is 3.69. The molecule has 1 aromatic heterocycles. The summed E-state index contributed by atoms with van der Waals surface area (Å²) < 4.78 is 13.0. The molecule has 0 fully saturated rings. The molecule has 0 bridgehead atoms. The molecule has 0 amide bonds. The van der Waals surface area contributed by atoms with Gasteiger partial charge < -0.3 is 0 Å². The Hall–Kier alpha value is -3.07. The summed E-state index contributed by atoms with van der Waals surface area (Å²) in [5.41, 5.74) is 2.66. The number of aromatic nitrogens is 4. The van der Waals surface area contributed by atoms with Gasteiger partial charge in [0.25, 0.3) is 0 Å². The van der Waals surface area contributed by atoms with E-state index < -0.39 is 0 Å². The molecular formula is C17H14FN5. The fourth-order valence-corrected chi connectivity index (χ4v) is 2.47. The SMILES string of the molecule is N#Cc1ccc(C(CCc2ccc(F)cc2)n2ncnn2)cc1. The first-order valence-corrected chi connectivity index (χ1v) is 7.23. The largest absolute Gasteiger partial charge is 0.207 e. The van der Waals surface area contributed by atoms with Crippen molar-refractivity contribution in [1.82, 2.24) is 20.2 Å². The van der Waals surface area contributed by atoms with Gasteiger partial charge in [-0.1, -0.05) is 24.3 Å². The molecule has 1 unspecified atom stereocenters. The Morgan fingerprint density at radius 1 is 1.09 bits per heavy atom. The summed E-state index contributed by atoms with van der Waals surface area (Å²) in [4.78, 5) is 1.56. The van der Waals surface area contributed by atoms with Crippen molar-refractivity contribution in [2.75, 3.05) is 0 Å². The summed E-state index contributed by atoms with van der Waals surface area (Å²) in [5.74, 6) is -0.240. The number of aryl methyl sites for hydroxylation is 1. The normalized spacial score (nSPS) is 11.8. The average molecular weight is 307 g/mol. The maximum Gasteiger partial charge on any atom is 0.162 e. The molecule has 114 valence electrons. The van der Waals surface area contributed by atoms with Crippen molar-refractivity contribution in [1.29, 1.82) is 5.26 Å². The zero-order chi connectivity index (χ0) is 16.1. The summed E-state index contributed by atoms with van der Waals surface area (Å²) in [6.07, 6.45) is 2.90. The smallest absolute Gasteiger partial charge is 0.162 e. The first-order valence-electron chi connectivity index (χ1n) is 7.23. The van der Waals surface area contributed by atoms with E-state index >= 15 is 0 Å². The number of tetrazole rings is 1.